The molecule has 1 aliphatic heterocycles. The van der Waals surface area contributed by atoms with E-state index in [1.807, 2.05) is 4.90 Å². The summed E-state index contributed by atoms with van der Waals surface area (Å²) in [6.45, 7) is 5.38. The maximum absolute atomic E-state index is 13.1. The van der Waals surface area contributed by atoms with E-state index >= 15 is 0 Å². The molecular weight excluding hydrogens is 415 g/mol. The molecule has 30 heavy (non-hydrogen) atoms. The highest BCUT2D eigenvalue weighted by atomic mass is 32.1. The third kappa shape index (κ3) is 3.71. The van der Waals surface area contributed by atoms with Gasteiger partial charge in [-0.3, -0.25) is 14.3 Å². The summed E-state index contributed by atoms with van der Waals surface area (Å²) in [6, 6.07) is 4.77. The minimum Gasteiger partial charge on any atom is -0.342 e. The molecule has 0 amide bonds. The number of benzene rings is 1. The number of rotatable bonds is 2. The van der Waals surface area contributed by atoms with Gasteiger partial charge in [-0.25, -0.2) is 4.98 Å². The molecule has 1 fully saturated rings. The van der Waals surface area contributed by atoms with Gasteiger partial charge in [0.25, 0.3) is 5.56 Å². The van der Waals surface area contributed by atoms with Crippen molar-refractivity contribution in [3.8, 4) is 5.69 Å². The quantitative estimate of drug-likeness (QED) is 0.605. The van der Waals surface area contributed by atoms with Crippen molar-refractivity contribution in [1.29, 1.82) is 0 Å². The fourth-order valence-corrected chi connectivity index (χ4v) is 4.10. The van der Waals surface area contributed by atoms with Crippen molar-refractivity contribution in [2.24, 2.45) is 5.92 Å². The lowest BCUT2D eigenvalue weighted by Gasteiger charge is -2.30. The van der Waals surface area contributed by atoms with E-state index in [2.05, 4.69) is 21.9 Å². The topological polar surface area (TPSA) is 66.8 Å². The minimum absolute atomic E-state index is 0.0735. The van der Waals surface area contributed by atoms with E-state index in [0.29, 0.717) is 17.7 Å². The zero-order valence-electron chi connectivity index (χ0n) is 16.5. The number of nitrogens with zero attached hydrogens (tertiary/aromatic N) is 4. The van der Waals surface area contributed by atoms with Crippen LogP contribution in [0.4, 0.5) is 19.1 Å². The van der Waals surface area contributed by atoms with Gasteiger partial charge in [0.15, 0.2) is 5.65 Å². The molecule has 1 N–H and O–H groups in total. The highest BCUT2D eigenvalue weighted by molar-refractivity contribution is 7.71. The summed E-state index contributed by atoms with van der Waals surface area (Å²) >= 11 is 5.47. The number of hydrogen-bond donors (Lipinski definition) is 1. The molecule has 0 radical (unpaired) electrons. The maximum atomic E-state index is 13.1. The number of nitrogens with one attached hydrogen (secondary N) is 1. The largest absolute Gasteiger partial charge is 0.416 e. The number of aryl methyl sites for hydroxylation is 1. The van der Waals surface area contributed by atoms with Crippen molar-refractivity contribution in [2.75, 3.05) is 18.0 Å². The van der Waals surface area contributed by atoms with E-state index in [1.54, 1.807) is 6.92 Å². The van der Waals surface area contributed by atoms with Crippen LogP contribution in [-0.4, -0.2) is 32.6 Å². The van der Waals surface area contributed by atoms with Crippen molar-refractivity contribution in [3.63, 3.8) is 0 Å². The average Bonchev–Trinajstić information content (AvgIpc) is 2.67. The second kappa shape index (κ2) is 7.50. The lowest BCUT2D eigenvalue weighted by atomic mass is 10.00. The molecule has 4 rings (SSSR count). The monoisotopic (exact) mass is 435 g/mol. The van der Waals surface area contributed by atoms with Gasteiger partial charge in [-0.2, -0.15) is 18.2 Å². The van der Waals surface area contributed by atoms with Crippen LogP contribution < -0.4 is 10.5 Å². The van der Waals surface area contributed by atoms with Crippen LogP contribution >= 0.6 is 12.2 Å². The Balaban J connectivity index is 1.85. The number of aromatic amines is 1. The van der Waals surface area contributed by atoms with Crippen molar-refractivity contribution >= 4 is 29.2 Å². The zero-order valence-corrected chi connectivity index (χ0v) is 17.3. The molecule has 0 atom stereocenters. The standard InChI is InChI=1S/C20H20F3N5OS/c1-11-6-8-27(9-7-11)19-25-16-15(17(29)26-19)18(30)28(12(2)24-16)14-5-3-4-13(10-14)20(21,22)23/h3-5,10-11H,6-9H2,1-2H3,(H,25,26,29). The highest BCUT2D eigenvalue weighted by Gasteiger charge is 2.30. The maximum Gasteiger partial charge on any atom is 0.416 e. The number of aromatic nitrogens is 4. The van der Waals surface area contributed by atoms with Crippen molar-refractivity contribution < 1.29 is 13.2 Å². The van der Waals surface area contributed by atoms with Crippen LogP contribution in [0.3, 0.4) is 0 Å². The third-order valence-electron chi connectivity index (χ3n) is 5.41. The van der Waals surface area contributed by atoms with Gasteiger partial charge in [0.1, 0.15) is 15.9 Å². The van der Waals surface area contributed by atoms with Gasteiger partial charge in [0.05, 0.1) is 5.56 Å². The zero-order chi connectivity index (χ0) is 21.6. The number of hydrogen-bond acceptors (Lipinski definition) is 5. The van der Waals surface area contributed by atoms with E-state index < -0.39 is 17.3 Å². The van der Waals surface area contributed by atoms with Crippen molar-refractivity contribution in [2.45, 2.75) is 32.9 Å². The molecule has 0 saturated carbocycles. The summed E-state index contributed by atoms with van der Waals surface area (Å²) in [5.74, 6) is 1.42. The summed E-state index contributed by atoms with van der Waals surface area (Å²) in [4.78, 5) is 26.5. The van der Waals surface area contributed by atoms with Gasteiger partial charge in [0, 0.05) is 18.8 Å². The summed E-state index contributed by atoms with van der Waals surface area (Å²) in [6.07, 6.45) is -2.48. The SMILES string of the molecule is Cc1nc2nc(N3CCC(C)CC3)[nH]c(=O)c2c(=S)n1-c1cccc(C(F)(F)F)c1. The second-order valence-electron chi connectivity index (χ2n) is 7.61. The molecule has 0 bridgehead atoms. The number of anilines is 1. The number of piperidine rings is 1. The summed E-state index contributed by atoms with van der Waals surface area (Å²) in [5, 5.41) is 0.0853. The Labute approximate surface area is 175 Å². The van der Waals surface area contributed by atoms with E-state index in [4.69, 9.17) is 12.2 Å². The van der Waals surface area contributed by atoms with Gasteiger partial charge < -0.3 is 4.90 Å². The van der Waals surface area contributed by atoms with Crippen LogP contribution in [0.15, 0.2) is 29.1 Å². The fraction of sp³-hybridized carbons (Fsp3) is 0.400. The Morgan fingerprint density at radius 3 is 2.57 bits per heavy atom. The number of H-pyrrole nitrogens is 1. The molecule has 1 saturated heterocycles. The molecule has 0 spiro atoms. The van der Waals surface area contributed by atoms with Crippen LogP contribution in [0.2, 0.25) is 0 Å². The lowest BCUT2D eigenvalue weighted by Crippen LogP contribution is -2.35. The fourth-order valence-electron chi connectivity index (χ4n) is 3.68. The van der Waals surface area contributed by atoms with Crippen molar-refractivity contribution in [3.05, 3.63) is 50.6 Å². The van der Waals surface area contributed by atoms with Gasteiger partial charge in [-0.05, 0) is 43.9 Å². The Hall–Kier alpha value is -2.75. The molecule has 158 valence electrons. The average molecular weight is 435 g/mol. The Morgan fingerprint density at radius 2 is 1.90 bits per heavy atom. The van der Waals surface area contributed by atoms with E-state index in [0.717, 1.165) is 38.1 Å². The van der Waals surface area contributed by atoms with Gasteiger partial charge in [0.2, 0.25) is 5.95 Å². The first-order valence-electron chi connectivity index (χ1n) is 9.61. The molecule has 10 heteroatoms. The molecule has 0 aliphatic carbocycles. The minimum atomic E-state index is -4.49. The number of fused-ring (bicyclic) bond motifs is 1. The van der Waals surface area contributed by atoms with Crippen LogP contribution in [0.1, 0.15) is 31.2 Å². The number of halogens is 3. The molecule has 2 aromatic heterocycles. The molecule has 6 nitrogen and oxygen atoms in total. The van der Waals surface area contributed by atoms with E-state index in [9.17, 15) is 18.0 Å². The molecule has 3 heterocycles. The third-order valence-corrected chi connectivity index (χ3v) is 5.80. The second-order valence-corrected chi connectivity index (χ2v) is 7.99. The molecule has 1 aromatic carbocycles. The normalized spacial score (nSPS) is 15.7. The number of alkyl halides is 3. The van der Waals surface area contributed by atoms with Crippen LogP contribution in [0.5, 0.6) is 0 Å². The first kappa shape index (κ1) is 20.5. The predicted molar refractivity (Wildman–Crippen MR) is 111 cm³/mol. The van der Waals surface area contributed by atoms with Gasteiger partial charge in [-0.1, -0.05) is 25.2 Å². The van der Waals surface area contributed by atoms with Crippen molar-refractivity contribution in [1.82, 2.24) is 19.5 Å². The summed E-state index contributed by atoms with van der Waals surface area (Å²) in [7, 11) is 0. The summed E-state index contributed by atoms with van der Waals surface area (Å²) in [5.41, 5.74) is -0.872. The molecule has 1 aliphatic rings. The molecule has 3 aromatic rings. The first-order chi connectivity index (χ1) is 14.1. The van der Waals surface area contributed by atoms with E-state index in [1.165, 1.54) is 16.7 Å². The molecule has 0 unspecified atom stereocenters. The first-order valence-corrected chi connectivity index (χ1v) is 10.0. The Bertz CT molecular complexity index is 1230. The summed E-state index contributed by atoms with van der Waals surface area (Å²) < 4.78 is 40.8. The van der Waals surface area contributed by atoms with Crippen LogP contribution in [0, 0.1) is 17.5 Å². The Morgan fingerprint density at radius 1 is 1.20 bits per heavy atom. The van der Waals surface area contributed by atoms with Crippen LogP contribution in [0.25, 0.3) is 16.7 Å². The van der Waals surface area contributed by atoms with Gasteiger partial charge >= 0.3 is 6.18 Å². The Kier molecular flexibility index (Phi) is 5.13. The van der Waals surface area contributed by atoms with E-state index in [-0.39, 0.29) is 21.4 Å². The predicted octanol–water partition coefficient (Wildman–Crippen LogP) is 4.40. The van der Waals surface area contributed by atoms with Gasteiger partial charge in [-0.15, -0.1) is 0 Å². The lowest BCUT2D eigenvalue weighted by molar-refractivity contribution is -0.137. The smallest absolute Gasteiger partial charge is 0.342 e. The van der Waals surface area contributed by atoms with Crippen LogP contribution in [-0.2, 0) is 6.18 Å². The molecular formula is C20H20F3N5OS. The highest BCUT2D eigenvalue weighted by Crippen LogP contribution is 2.31.